The molecule has 8 atom stereocenters. The molecular formula is C37H44FNO14. The summed E-state index contributed by atoms with van der Waals surface area (Å²) in [6.07, 6.45) is 2.30. The number of allylic oxidation sites excluding steroid dienone is 4. The predicted octanol–water partition coefficient (Wildman–Crippen LogP) is 4.80. The van der Waals surface area contributed by atoms with Crippen LogP contribution < -0.4 is 9.47 Å². The number of carbonyl (C=O) groups is 4. The molecule has 1 aromatic rings. The highest BCUT2D eigenvalue weighted by Gasteiger charge is 2.80. The lowest BCUT2D eigenvalue weighted by Gasteiger charge is -2.62. The summed E-state index contributed by atoms with van der Waals surface area (Å²) in [7, 11) is 1.29. The molecule has 1 aliphatic heterocycles. The number of ether oxygens (including phenoxy) is 6. The van der Waals surface area contributed by atoms with Gasteiger partial charge in [0.15, 0.2) is 40.9 Å². The van der Waals surface area contributed by atoms with Crippen molar-refractivity contribution in [1.29, 1.82) is 0 Å². The van der Waals surface area contributed by atoms with Gasteiger partial charge in [-0.25, -0.2) is 14.0 Å². The summed E-state index contributed by atoms with van der Waals surface area (Å²) in [6, 6.07) is 3.89. The van der Waals surface area contributed by atoms with Crippen LogP contribution in [0.2, 0.25) is 0 Å². The van der Waals surface area contributed by atoms with Gasteiger partial charge in [0, 0.05) is 16.7 Å². The van der Waals surface area contributed by atoms with Crippen molar-refractivity contribution in [1.82, 2.24) is 0 Å². The van der Waals surface area contributed by atoms with Gasteiger partial charge in [0.2, 0.25) is 5.78 Å². The van der Waals surface area contributed by atoms with E-state index in [1.165, 1.54) is 37.5 Å². The van der Waals surface area contributed by atoms with Crippen LogP contribution in [0.15, 0.2) is 42.0 Å². The lowest BCUT2D eigenvalue weighted by molar-refractivity contribution is -0.757. The molecule has 0 aromatic heterocycles. The van der Waals surface area contributed by atoms with Gasteiger partial charge in [0.05, 0.1) is 38.1 Å². The van der Waals surface area contributed by atoms with E-state index in [9.17, 15) is 34.4 Å². The van der Waals surface area contributed by atoms with Crippen LogP contribution >= 0.6 is 0 Å². The summed E-state index contributed by atoms with van der Waals surface area (Å²) < 4.78 is 51.5. The molecule has 0 radical (unpaired) electrons. The van der Waals surface area contributed by atoms with Crippen LogP contribution in [-0.4, -0.2) is 90.1 Å². The second-order valence-electron chi connectivity index (χ2n) is 15.2. The SMILES string of the molecule is COc1cc(C(=O)OCCCCO[N+](=O)[O-])ccc1OC(=O)OCC(=O)[C@@]12OC(C)(C)O[C@@H]1CC1C3CCC4=CC(=O)C=C[C@]4(C)[C@@]3(F)[C@@H](O)C[C@@]12C. The third-order valence-corrected chi connectivity index (χ3v) is 11.9. The van der Waals surface area contributed by atoms with E-state index in [2.05, 4.69) is 4.84 Å². The summed E-state index contributed by atoms with van der Waals surface area (Å²) in [6.45, 7) is 5.91. The number of esters is 1. The lowest BCUT2D eigenvalue weighted by atomic mass is 9.44. The van der Waals surface area contributed by atoms with Gasteiger partial charge in [-0.2, -0.15) is 0 Å². The van der Waals surface area contributed by atoms with Gasteiger partial charge in [-0.1, -0.05) is 18.6 Å². The van der Waals surface area contributed by atoms with Crippen molar-refractivity contribution in [2.45, 2.75) is 95.5 Å². The quantitative estimate of drug-likeness (QED) is 0.101. The summed E-state index contributed by atoms with van der Waals surface area (Å²) >= 11 is 0. The Morgan fingerprint density at radius 1 is 1.08 bits per heavy atom. The van der Waals surface area contributed by atoms with Gasteiger partial charge in [-0.05, 0) is 95.6 Å². The van der Waals surface area contributed by atoms with Crippen molar-refractivity contribution in [2.24, 2.45) is 22.7 Å². The average Bonchev–Trinajstić information content (AvgIpc) is 3.51. The molecule has 16 heteroatoms. The zero-order valence-electron chi connectivity index (χ0n) is 30.2. The van der Waals surface area contributed by atoms with Crippen LogP contribution in [0.3, 0.4) is 0 Å². The Morgan fingerprint density at radius 2 is 1.81 bits per heavy atom. The highest BCUT2D eigenvalue weighted by Crippen LogP contribution is 2.72. The van der Waals surface area contributed by atoms with Crippen LogP contribution in [0.5, 0.6) is 11.5 Å². The predicted molar refractivity (Wildman–Crippen MR) is 179 cm³/mol. The number of methoxy groups -OCH3 is 1. The maximum absolute atomic E-state index is 17.7. The van der Waals surface area contributed by atoms with E-state index < -0.39 is 81.5 Å². The molecule has 0 amide bonds. The van der Waals surface area contributed by atoms with E-state index in [0.29, 0.717) is 31.3 Å². The third kappa shape index (κ3) is 6.27. The number of carbonyl (C=O) groups excluding carboxylic acids is 4. The molecular weight excluding hydrogens is 701 g/mol. The molecule has 5 aliphatic rings. The van der Waals surface area contributed by atoms with E-state index in [-0.39, 0.29) is 48.9 Å². The van der Waals surface area contributed by atoms with Crippen LogP contribution in [0, 0.1) is 32.8 Å². The molecule has 53 heavy (non-hydrogen) atoms. The number of halogens is 1. The van der Waals surface area contributed by atoms with Crippen molar-refractivity contribution in [3.05, 3.63) is 57.7 Å². The smallest absolute Gasteiger partial charge is 0.493 e. The second kappa shape index (κ2) is 13.8. The third-order valence-electron chi connectivity index (χ3n) is 11.9. The van der Waals surface area contributed by atoms with Gasteiger partial charge in [-0.3, -0.25) is 9.59 Å². The van der Waals surface area contributed by atoms with Crippen LogP contribution in [0.4, 0.5) is 9.18 Å². The lowest BCUT2D eigenvalue weighted by Crippen LogP contribution is -2.70. The highest BCUT2D eigenvalue weighted by atomic mass is 19.1. The number of benzene rings is 1. The van der Waals surface area contributed by atoms with E-state index in [4.69, 9.17) is 28.4 Å². The Hall–Kier alpha value is -4.41. The number of rotatable bonds is 12. The maximum Gasteiger partial charge on any atom is 0.514 e. The van der Waals surface area contributed by atoms with Gasteiger partial charge in [0.1, 0.15) is 0 Å². The summed E-state index contributed by atoms with van der Waals surface area (Å²) in [5.74, 6) is -4.06. The molecule has 4 fully saturated rings. The number of hydrogen-bond acceptors (Lipinski definition) is 14. The molecule has 15 nitrogen and oxygen atoms in total. The minimum absolute atomic E-state index is 0.0107. The van der Waals surface area contributed by atoms with Crippen LogP contribution in [-0.2, 0) is 33.4 Å². The Labute approximate surface area is 304 Å². The minimum Gasteiger partial charge on any atom is -0.493 e. The molecule has 1 saturated heterocycles. The summed E-state index contributed by atoms with van der Waals surface area (Å²) in [5, 5.41) is 21.1. The van der Waals surface area contributed by atoms with Crippen molar-refractivity contribution < 1.29 is 67.0 Å². The Balaban J connectivity index is 1.15. The first-order valence-electron chi connectivity index (χ1n) is 17.6. The van der Waals surface area contributed by atoms with Crippen LogP contribution in [0.1, 0.15) is 76.6 Å². The number of alkyl halides is 1. The van der Waals surface area contributed by atoms with Crippen molar-refractivity contribution in [3.8, 4) is 11.5 Å². The Bertz CT molecular complexity index is 1760. The molecule has 2 unspecified atom stereocenters. The number of nitrogens with zero attached hydrogens (tertiary/aromatic N) is 1. The monoisotopic (exact) mass is 745 g/mol. The number of hydrogen-bond donors (Lipinski definition) is 1. The highest BCUT2D eigenvalue weighted by molar-refractivity contribution is 6.01. The first kappa shape index (κ1) is 38.3. The molecule has 1 aromatic carbocycles. The zero-order valence-corrected chi connectivity index (χ0v) is 30.2. The molecule has 3 saturated carbocycles. The zero-order chi connectivity index (χ0) is 38.6. The fourth-order valence-electron chi connectivity index (χ4n) is 9.63. The number of ketones is 2. The molecule has 288 valence electrons. The largest absolute Gasteiger partial charge is 0.514 e. The molecule has 0 spiro atoms. The topological polar surface area (TPSA) is 196 Å². The molecule has 4 aliphatic carbocycles. The minimum atomic E-state index is -2.13. The number of aliphatic hydroxyl groups excluding tert-OH is 1. The number of Topliss-reactive ketones (excluding diaryl/α,β-unsaturated/α-hetero) is 1. The Morgan fingerprint density at radius 3 is 2.53 bits per heavy atom. The van der Waals surface area contributed by atoms with E-state index in [0.717, 1.165) is 0 Å². The molecule has 1 N–H and O–H groups in total. The van der Waals surface area contributed by atoms with E-state index in [1.807, 2.05) is 0 Å². The van der Waals surface area contributed by atoms with E-state index >= 15 is 4.39 Å². The van der Waals surface area contributed by atoms with Crippen LogP contribution in [0.25, 0.3) is 0 Å². The molecule has 6 rings (SSSR count). The number of aliphatic hydroxyl groups is 1. The Kier molecular flexibility index (Phi) is 9.96. The standard InChI is InChI=1S/C37H44FNO14/c1-33(2)52-30-18-25-24-10-9-22-17-23(40)12-13-34(22,3)36(24,38)28(41)19-35(25,4)37(30,53-33)29(42)20-49-32(44)51-26-11-8-21(16-27(26)47-5)31(43)48-14-6-7-15-50-39(45)46/h8,11-13,16-17,24-25,28,30,41H,6-7,9-10,14-15,18-20H2,1-5H3/t24?,25?,28-,30+,34-,35-,36-,37+/m0/s1. The van der Waals surface area contributed by atoms with Crippen molar-refractivity contribution >= 4 is 23.7 Å². The molecule has 0 bridgehead atoms. The van der Waals surface area contributed by atoms with Gasteiger partial charge >= 0.3 is 12.1 Å². The second-order valence-corrected chi connectivity index (χ2v) is 15.2. The van der Waals surface area contributed by atoms with Crippen molar-refractivity contribution in [3.63, 3.8) is 0 Å². The summed E-state index contributed by atoms with van der Waals surface area (Å²) in [5.41, 5.74) is -5.45. The maximum atomic E-state index is 17.7. The van der Waals surface area contributed by atoms with Crippen molar-refractivity contribution in [2.75, 3.05) is 26.9 Å². The molecule has 1 heterocycles. The normalized spacial score (nSPS) is 34.8. The number of fused-ring (bicyclic) bond motifs is 7. The fourth-order valence-corrected chi connectivity index (χ4v) is 9.63. The van der Waals surface area contributed by atoms with Gasteiger partial charge < -0.3 is 38.4 Å². The number of unbranched alkanes of at least 4 members (excludes halogenated alkanes) is 1. The fraction of sp³-hybridized carbons (Fsp3) is 0.622. The van der Waals surface area contributed by atoms with Gasteiger partial charge in [0.25, 0.3) is 5.09 Å². The first-order valence-corrected chi connectivity index (χ1v) is 17.6. The average molecular weight is 746 g/mol. The van der Waals surface area contributed by atoms with E-state index in [1.54, 1.807) is 33.8 Å². The van der Waals surface area contributed by atoms with Gasteiger partial charge in [-0.15, -0.1) is 10.1 Å². The summed E-state index contributed by atoms with van der Waals surface area (Å²) in [4.78, 5) is 66.4. The first-order chi connectivity index (χ1) is 24.9.